The van der Waals surface area contributed by atoms with Crippen LogP contribution in [0.4, 0.5) is 22.7 Å². The summed E-state index contributed by atoms with van der Waals surface area (Å²) in [5.74, 6) is -0.124. The molecule has 2 aliphatic heterocycles. The van der Waals surface area contributed by atoms with E-state index in [9.17, 15) is 23.4 Å². The fourth-order valence-electron chi connectivity index (χ4n) is 8.92. The highest BCUT2D eigenvalue weighted by Gasteiger charge is 2.27. The molecule has 5 aromatic carbocycles. The average molecular weight is 934 g/mol. The predicted molar refractivity (Wildman–Crippen MR) is 267 cm³/mol. The van der Waals surface area contributed by atoms with Crippen LogP contribution in [0.25, 0.3) is 22.3 Å². The van der Waals surface area contributed by atoms with Crippen molar-refractivity contribution in [3.05, 3.63) is 143 Å². The van der Waals surface area contributed by atoms with Crippen LogP contribution in [-0.4, -0.2) is 97.8 Å². The Balaban J connectivity index is 0.893. The summed E-state index contributed by atoms with van der Waals surface area (Å²) in [6.45, 7) is 9.63. The fourth-order valence-corrected chi connectivity index (χ4v) is 11.2. The molecule has 6 aromatic rings. The third kappa shape index (κ3) is 11.0. The molecule has 340 valence electrons. The molecule has 1 aromatic heterocycles. The molecule has 3 heterocycles. The molecule has 1 atom stereocenters. The van der Waals surface area contributed by atoms with E-state index < -0.39 is 16.0 Å². The summed E-state index contributed by atoms with van der Waals surface area (Å²) in [7, 11) is -2.06. The van der Waals surface area contributed by atoms with Crippen LogP contribution in [-0.2, 0) is 17.1 Å². The fraction of sp³-hybridized carbons (Fsp3) is 0.314. The Bertz CT molecular complexity index is 2700. The molecular formula is C51H57ClN6O5S2. The van der Waals surface area contributed by atoms with Crippen molar-refractivity contribution in [2.45, 2.75) is 55.0 Å². The second-order valence-corrected chi connectivity index (χ2v) is 20.2. The normalized spacial score (nSPS) is 15.5. The number of piperazine rings is 1. The number of nitrogens with zero attached hydrogens (tertiary/aromatic N) is 4. The van der Waals surface area contributed by atoms with E-state index in [1.807, 2.05) is 111 Å². The van der Waals surface area contributed by atoms with E-state index in [0.717, 1.165) is 116 Å². The minimum Gasteiger partial charge on any atom is -0.477 e. The number of likely N-dealkylation sites (tertiary alicyclic amines) is 1. The van der Waals surface area contributed by atoms with Gasteiger partial charge in [-0.15, -0.1) is 11.8 Å². The molecular weight excluding hydrogens is 876 g/mol. The van der Waals surface area contributed by atoms with Crippen molar-refractivity contribution in [1.29, 1.82) is 0 Å². The van der Waals surface area contributed by atoms with E-state index in [2.05, 4.69) is 49.0 Å². The summed E-state index contributed by atoms with van der Waals surface area (Å²) < 4.78 is 31.9. The number of hydrogen-bond donors (Lipinski definition) is 4. The van der Waals surface area contributed by atoms with Gasteiger partial charge in [0.2, 0.25) is 0 Å². The number of aromatic carboxylic acids is 1. The number of aryl methyl sites for hydroxylation is 1. The summed E-state index contributed by atoms with van der Waals surface area (Å²) in [5.41, 5.74) is 8.66. The zero-order valence-electron chi connectivity index (χ0n) is 37.1. The highest BCUT2D eigenvalue weighted by Crippen LogP contribution is 2.41. The molecule has 0 unspecified atom stereocenters. The molecule has 14 heteroatoms. The van der Waals surface area contributed by atoms with Crippen molar-refractivity contribution in [1.82, 2.24) is 9.47 Å². The standard InChI is InChI=1S/C51H57ClN6O5S2/c1-35-32-46(20-21-47(35)53-41(34-64-45-10-5-4-6-11-45)22-25-56-26-23-44(59)24-27-56)65(62,63)54-40-16-18-42(19-17-40)57-28-30-58(31-29-57)43-9-7-8-38(33-43)49-48(37-12-14-39(52)15-13-37)36(2)55(3)50(49)51(60)61/h4-21,32-33,41,44,53-54,59H,22-31,34H2,1-3H3,(H,60,61)/t41-/m1/s1. The van der Waals surface area contributed by atoms with Crippen molar-refractivity contribution >= 4 is 62.1 Å². The van der Waals surface area contributed by atoms with Gasteiger partial charge in [-0.3, -0.25) is 4.72 Å². The number of thioether (sulfide) groups is 1. The van der Waals surface area contributed by atoms with Gasteiger partial charge in [-0.1, -0.05) is 54.1 Å². The minimum absolute atomic E-state index is 0.159. The molecule has 65 heavy (non-hydrogen) atoms. The van der Waals surface area contributed by atoms with Crippen molar-refractivity contribution in [3.63, 3.8) is 0 Å². The van der Waals surface area contributed by atoms with Crippen molar-refractivity contribution in [3.8, 4) is 22.3 Å². The van der Waals surface area contributed by atoms with Gasteiger partial charge in [-0.2, -0.15) is 0 Å². The third-order valence-electron chi connectivity index (χ3n) is 12.7. The van der Waals surface area contributed by atoms with Gasteiger partial charge in [0.1, 0.15) is 5.69 Å². The SMILES string of the molecule is Cc1cc(S(=O)(=O)Nc2ccc(N3CCN(c4cccc(-c5c(-c6ccc(Cl)cc6)c(C)n(C)c5C(=O)O)c4)CC3)cc2)ccc1N[C@H](CCN1CCC(O)CC1)CSc1ccccc1. The van der Waals surface area contributed by atoms with Gasteiger partial charge in [0.05, 0.1) is 11.0 Å². The first-order chi connectivity index (χ1) is 31.3. The van der Waals surface area contributed by atoms with Crippen LogP contribution in [0, 0.1) is 13.8 Å². The van der Waals surface area contributed by atoms with E-state index in [1.54, 1.807) is 23.7 Å². The maximum absolute atomic E-state index is 13.7. The number of carboxylic acid groups (broad SMARTS) is 1. The van der Waals surface area contributed by atoms with Crippen molar-refractivity contribution in [2.24, 2.45) is 7.05 Å². The third-order valence-corrected chi connectivity index (χ3v) is 15.5. The summed E-state index contributed by atoms with van der Waals surface area (Å²) in [4.78, 5) is 21.1. The van der Waals surface area contributed by atoms with Gasteiger partial charge in [-0.05, 0) is 129 Å². The molecule has 11 nitrogen and oxygen atoms in total. The maximum atomic E-state index is 13.7. The molecule has 0 saturated carbocycles. The van der Waals surface area contributed by atoms with E-state index in [0.29, 0.717) is 16.3 Å². The molecule has 2 aliphatic rings. The Morgan fingerprint density at radius 1 is 0.785 bits per heavy atom. The quantitative estimate of drug-likeness (QED) is 0.0697. The van der Waals surface area contributed by atoms with Crippen LogP contribution in [0.5, 0.6) is 0 Å². The number of hydrogen-bond acceptors (Lipinski definition) is 9. The van der Waals surface area contributed by atoms with Crippen LogP contribution in [0.3, 0.4) is 0 Å². The van der Waals surface area contributed by atoms with E-state index in [1.165, 1.54) is 4.90 Å². The van der Waals surface area contributed by atoms with E-state index in [-0.39, 0.29) is 22.7 Å². The first-order valence-corrected chi connectivity index (χ1v) is 25.0. The molecule has 2 saturated heterocycles. The number of anilines is 4. The molecule has 4 N–H and O–H groups in total. The predicted octanol–water partition coefficient (Wildman–Crippen LogP) is 9.87. The number of sulfonamides is 1. The molecule has 0 aliphatic carbocycles. The van der Waals surface area contributed by atoms with Crippen LogP contribution < -0.4 is 19.8 Å². The van der Waals surface area contributed by atoms with Crippen molar-refractivity contribution < 1.29 is 23.4 Å². The summed E-state index contributed by atoms with van der Waals surface area (Å²) in [5, 5.41) is 24.7. The highest BCUT2D eigenvalue weighted by atomic mass is 35.5. The lowest BCUT2D eigenvalue weighted by Gasteiger charge is -2.37. The molecule has 0 bridgehead atoms. The van der Waals surface area contributed by atoms with Crippen molar-refractivity contribution in [2.75, 3.05) is 71.4 Å². The van der Waals surface area contributed by atoms with Gasteiger partial charge in [0.25, 0.3) is 10.0 Å². The number of aliphatic hydroxyl groups is 1. The topological polar surface area (TPSA) is 130 Å². The van der Waals surface area contributed by atoms with Gasteiger partial charge < -0.3 is 34.8 Å². The summed E-state index contributed by atoms with van der Waals surface area (Å²) >= 11 is 8.02. The number of rotatable bonds is 16. The lowest BCUT2D eigenvalue weighted by atomic mass is 9.94. The zero-order valence-corrected chi connectivity index (χ0v) is 39.5. The highest BCUT2D eigenvalue weighted by molar-refractivity contribution is 7.99. The second-order valence-electron chi connectivity index (χ2n) is 17.0. The summed E-state index contributed by atoms with van der Waals surface area (Å²) in [6, 6.07) is 38.9. The second kappa shape index (κ2) is 20.4. The number of halogens is 1. The Morgan fingerprint density at radius 2 is 1.46 bits per heavy atom. The Kier molecular flexibility index (Phi) is 14.5. The number of carbonyl (C=O) groups is 1. The largest absolute Gasteiger partial charge is 0.477 e. The van der Waals surface area contributed by atoms with Gasteiger partial charge in [0, 0.05) is 114 Å². The maximum Gasteiger partial charge on any atom is 0.353 e. The minimum atomic E-state index is -3.85. The van der Waals surface area contributed by atoms with Crippen LogP contribution >= 0.6 is 23.4 Å². The molecule has 0 amide bonds. The molecule has 0 radical (unpaired) electrons. The van der Waals surface area contributed by atoms with Crippen LogP contribution in [0.15, 0.2) is 131 Å². The smallest absolute Gasteiger partial charge is 0.353 e. The molecule has 0 spiro atoms. The first-order valence-electron chi connectivity index (χ1n) is 22.2. The summed E-state index contributed by atoms with van der Waals surface area (Å²) in [6.07, 6.45) is 2.34. The van der Waals surface area contributed by atoms with Gasteiger partial charge in [-0.25, -0.2) is 13.2 Å². The number of piperidine rings is 1. The number of benzene rings is 5. The Labute approximate surface area is 392 Å². The van der Waals surface area contributed by atoms with E-state index >= 15 is 0 Å². The Morgan fingerprint density at radius 3 is 2.12 bits per heavy atom. The van der Waals surface area contributed by atoms with Crippen LogP contribution in [0.2, 0.25) is 5.02 Å². The number of carboxylic acids is 1. The average Bonchev–Trinajstić information content (AvgIpc) is 3.58. The van der Waals surface area contributed by atoms with Gasteiger partial charge >= 0.3 is 5.97 Å². The zero-order chi connectivity index (χ0) is 45.7. The Hall–Kier alpha value is -5.44. The first kappa shape index (κ1) is 46.1. The monoisotopic (exact) mass is 932 g/mol. The number of aromatic nitrogens is 1. The van der Waals surface area contributed by atoms with E-state index in [4.69, 9.17) is 11.6 Å². The lowest BCUT2D eigenvalue weighted by molar-refractivity contribution is 0.0687. The number of aliphatic hydroxyl groups excluding tert-OH is 1. The molecule has 2 fully saturated rings. The van der Waals surface area contributed by atoms with Gasteiger partial charge in [0.15, 0.2) is 0 Å². The lowest BCUT2D eigenvalue weighted by Crippen LogP contribution is -2.46. The van der Waals surface area contributed by atoms with Crippen LogP contribution in [0.1, 0.15) is 41.0 Å². The number of nitrogens with one attached hydrogen (secondary N) is 2. The molecule has 8 rings (SSSR count).